The van der Waals surface area contributed by atoms with Crippen LogP contribution in [0.15, 0.2) is 24.3 Å². The quantitative estimate of drug-likeness (QED) is 0.826. The van der Waals surface area contributed by atoms with Gasteiger partial charge >= 0.3 is 0 Å². The van der Waals surface area contributed by atoms with Crippen LogP contribution in [0, 0.1) is 0 Å². The minimum Gasteiger partial charge on any atom is -0.381 e. The zero-order valence-electron chi connectivity index (χ0n) is 9.61. The van der Waals surface area contributed by atoms with Crippen LogP contribution in [-0.4, -0.2) is 13.2 Å². The standard InChI is InChI=1S/C14H19NO/c15-14(7-8-14)13-3-1-11(2-4-13)12-5-9-16-10-6-12/h1-4,12H,5-10,15H2. The Morgan fingerprint density at radius 2 is 1.69 bits per heavy atom. The molecular weight excluding hydrogens is 198 g/mol. The van der Waals surface area contributed by atoms with Gasteiger partial charge in [-0.25, -0.2) is 0 Å². The maximum Gasteiger partial charge on any atom is 0.0471 e. The molecule has 3 rings (SSSR count). The van der Waals surface area contributed by atoms with E-state index in [4.69, 9.17) is 10.5 Å². The molecule has 2 N–H and O–H groups in total. The van der Waals surface area contributed by atoms with Crippen LogP contribution in [0.1, 0.15) is 42.7 Å². The third-order valence-electron chi connectivity index (χ3n) is 3.97. The highest BCUT2D eigenvalue weighted by atomic mass is 16.5. The molecule has 1 saturated carbocycles. The van der Waals surface area contributed by atoms with Gasteiger partial charge in [-0.1, -0.05) is 24.3 Å². The van der Waals surface area contributed by atoms with Crippen molar-refractivity contribution in [1.82, 2.24) is 0 Å². The summed E-state index contributed by atoms with van der Waals surface area (Å²) in [6.07, 6.45) is 4.60. The first-order chi connectivity index (χ1) is 7.78. The number of ether oxygens (including phenoxy) is 1. The Labute approximate surface area is 96.8 Å². The second kappa shape index (κ2) is 3.86. The molecular formula is C14H19NO. The van der Waals surface area contributed by atoms with Crippen molar-refractivity contribution in [2.75, 3.05) is 13.2 Å². The van der Waals surface area contributed by atoms with E-state index < -0.39 is 0 Å². The summed E-state index contributed by atoms with van der Waals surface area (Å²) >= 11 is 0. The lowest BCUT2D eigenvalue weighted by molar-refractivity contribution is 0.0853. The van der Waals surface area contributed by atoms with E-state index in [1.807, 2.05) is 0 Å². The highest BCUT2D eigenvalue weighted by molar-refractivity contribution is 5.33. The molecule has 86 valence electrons. The highest BCUT2D eigenvalue weighted by Gasteiger charge is 2.39. The number of hydrogen-bond acceptors (Lipinski definition) is 2. The Hall–Kier alpha value is -0.860. The molecule has 2 nitrogen and oxygen atoms in total. The number of nitrogens with two attached hydrogens (primary N) is 1. The molecule has 1 aromatic carbocycles. The molecule has 16 heavy (non-hydrogen) atoms. The summed E-state index contributed by atoms with van der Waals surface area (Å²) in [4.78, 5) is 0. The zero-order chi connectivity index (χ0) is 11.0. The molecule has 1 saturated heterocycles. The molecule has 1 aliphatic carbocycles. The van der Waals surface area contributed by atoms with Crippen LogP contribution in [-0.2, 0) is 10.3 Å². The van der Waals surface area contributed by atoms with Crippen molar-refractivity contribution in [2.24, 2.45) is 5.73 Å². The van der Waals surface area contributed by atoms with Crippen molar-refractivity contribution in [3.05, 3.63) is 35.4 Å². The summed E-state index contributed by atoms with van der Waals surface area (Å²) in [5.41, 5.74) is 8.95. The molecule has 0 spiro atoms. The van der Waals surface area contributed by atoms with Crippen molar-refractivity contribution < 1.29 is 4.74 Å². The SMILES string of the molecule is NC1(c2ccc(C3CCOCC3)cc2)CC1. The Morgan fingerprint density at radius 3 is 2.25 bits per heavy atom. The lowest BCUT2D eigenvalue weighted by Crippen LogP contribution is -2.19. The van der Waals surface area contributed by atoms with Crippen LogP contribution < -0.4 is 5.73 Å². The van der Waals surface area contributed by atoms with Crippen molar-refractivity contribution in [3.63, 3.8) is 0 Å². The van der Waals surface area contributed by atoms with Gasteiger partial charge in [-0.2, -0.15) is 0 Å². The minimum atomic E-state index is 0.00814. The fourth-order valence-electron chi connectivity index (χ4n) is 2.54. The van der Waals surface area contributed by atoms with E-state index in [2.05, 4.69) is 24.3 Å². The Bertz CT molecular complexity index is 361. The maximum atomic E-state index is 6.18. The second-order valence-electron chi connectivity index (χ2n) is 5.16. The van der Waals surface area contributed by atoms with Gasteiger partial charge in [0.1, 0.15) is 0 Å². The Morgan fingerprint density at radius 1 is 1.06 bits per heavy atom. The monoisotopic (exact) mass is 217 g/mol. The largest absolute Gasteiger partial charge is 0.381 e. The first kappa shape index (κ1) is 10.3. The normalized spacial score (nSPS) is 24.3. The molecule has 0 aromatic heterocycles. The summed E-state index contributed by atoms with van der Waals surface area (Å²) in [5.74, 6) is 0.690. The highest BCUT2D eigenvalue weighted by Crippen LogP contribution is 2.43. The fraction of sp³-hybridized carbons (Fsp3) is 0.571. The van der Waals surface area contributed by atoms with Crippen LogP contribution in [0.2, 0.25) is 0 Å². The van der Waals surface area contributed by atoms with Gasteiger partial charge in [-0.05, 0) is 42.7 Å². The molecule has 0 bridgehead atoms. The van der Waals surface area contributed by atoms with E-state index in [-0.39, 0.29) is 5.54 Å². The molecule has 1 aromatic rings. The second-order valence-corrected chi connectivity index (χ2v) is 5.16. The molecule has 0 unspecified atom stereocenters. The number of rotatable bonds is 2. The average Bonchev–Trinajstić information content (AvgIpc) is 3.10. The van der Waals surface area contributed by atoms with E-state index in [0.29, 0.717) is 5.92 Å². The van der Waals surface area contributed by atoms with Gasteiger partial charge < -0.3 is 10.5 Å². The summed E-state index contributed by atoms with van der Waals surface area (Å²) in [6.45, 7) is 1.82. The van der Waals surface area contributed by atoms with E-state index in [1.165, 1.54) is 11.1 Å². The van der Waals surface area contributed by atoms with Crippen molar-refractivity contribution in [3.8, 4) is 0 Å². The maximum absolute atomic E-state index is 6.18. The topological polar surface area (TPSA) is 35.2 Å². The van der Waals surface area contributed by atoms with Gasteiger partial charge in [0.15, 0.2) is 0 Å². The summed E-state index contributed by atoms with van der Waals surface area (Å²) in [5, 5.41) is 0. The Balaban J connectivity index is 1.76. The van der Waals surface area contributed by atoms with Gasteiger partial charge in [-0.3, -0.25) is 0 Å². The number of hydrogen-bond donors (Lipinski definition) is 1. The zero-order valence-corrected chi connectivity index (χ0v) is 9.61. The molecule has 0 amide bonds. The fourth-order valence-corrected chi connectivity index (χ4v) is 2.54. The first-order valence-corrected chi connectivity index (χ1v) is 6.25. The van der Waals surface area contributed by atoms with Gasteiger partial charge in [0.25, 0.3) is 0 Å². The summed E-state index contributed by atoms with van der Waals surface area (Å²) in [7, 11) is 0. The van der Waals surface area contributed by atoms with Crippen molar-refractivity contribution >= 4 is 0 Å². The summed E-state index contributed by atoms with van der Waals surface area (Å²) in [6, 6.07) is 8.96. The van der Waals surface area contributed by atoms with Crippen molar-refractivity contribution in [2.45, 2.75) is 37.1 Å². The predicted octanol–water partition coefficient (Wildman–Crippen LogP) is 2.53. The third-order valence-corrected chi connectivity index (χ3v) is 3.97. The molecule has 2 heteroatoms. The lowest BCUT2D eigenvalue weighted by atomic mass is 9.90. The van der Waals surface area contributed by atoms with Crippen LogP contribution in [0.4, 0.5) is 0 Å². The van der Waals surface area contributed by atoms with Crippen molar-refractivity contribution in [1.29, 1.82) is 0 Å². The van der Waals surface area contributed by atoms with E-state index in [1.54, 1.807) is 0 Å². The molecule has 0 radical (unpaired) electrons. The summed E-state index contributed by atoms with van der Waals surface area (Å²) < 4.78 is 5.39. The van der Waals surface area contributed by atoms with Crippen LogP contribution in [0.5, 0.6) is 0 Å². The van der Waals surface area contributed by atoms with E-state index in [9.17, 15) is 0 Å². The predicted molar refractivity (Wildman–Crippen MR) is 64.3 cm³/mol. The minimum absolute atomic E-state index is 0.00814. The molecule has 1 aliphatic heterocycles. The van der Waals surface area contributed by atoms with Crippen LogP contribution in [0.3, 0.4) is 0 Å². The van der Waals surface area contributed by atoms with Gasteiger partial charge in [0.2, 0.25) is 0 Å². The van der Waals surface area contributed by atoms with Crippen LogP contribution in [0.25, 0.3) is 0 Å². The molecule has 1 heterocycles. The van der Waals surface area contributed by atoms with E-state index in [0.717, 1.165) is 38.9 Å². The Kier molecular flexibility index (Phi) is 2.49. The van der Waals surface area contributed by atoms with Gasteiger partial charge in [-0.15, -0.1) is 0 Å². The number of benzene rings is 1. The third kappa shape index (κ3) is 1.87. The molecule has 2 fully saturated rings. The van der Waals surface area contributed by atoms with Crippen LogP contribution >= 0.6 is 0 Å². The smallest absolute Gasteiger partial charge is 0.0471 e. The molecule has 2 aliphatic rings. The van der Waals surface area contributed by atoms with Gasteiger partial charge in [0, 0.05) is 18.8 Å². The molecule has 0 atom stereocenters. The van der Waals surface area contributed by atoms with E-state index >= 15 is 0 Å². The average molecular weight is 217 g/mol. The first-order valence-electron chi connectivity index (χ1n) is 6.25. The lowest BCUT2D eigenvalue weighted by Gasteiger charge is -2.22. The van der Waals surface area contributed by atoms with Gasteiger partial charge in [0.05, 0.1) is 0 Å².